The monoisotopic (exact) mass is 232 g/mol. The van der Waals surface area contributed by atoms with Crippen molar-refractivity contribution in [3.05, 3.63) is 35.4 Å². The van der Waals surface area contributed by atoms with E-state index in [1.165, 1.54) is 7.11 Å². The van der Waals surface area contributed by atoms with Crippen LogP contribution in [0.25, 0.3) is 0 Å². The van der Waals surface area contributed by atoms with Gasteiger partial charge in [-0.15, -0.1) is 0 Å². The summed E-state index contributed by atoms with van der Waals surface area (Å²) < 4.78 is 4.68. The number of carbonyl (C=O) groups excluding carboxylic acids is 1. The summed E-state index contributed by atoms with van der Waals surface area (Å²) in [4.78, 5) is 13.2. The molecule has 4 nitrogen and oxygen atoms in total. The second-order valence-corrected chi connectivity index (χ2v) is 3.93. The molecule has 0 amide bonds. The van der Waals surface area contributed by atoms with Crippen molar-refractivity contribution in [1.29, 1.82) is 5.26 Å². The molecular weight excluding hydrogens is 216 g/mol. The van der Waals surface area contributed by atoms with Crippen LogP contribution < -0.4 is 0 Å². The van der Waals surface area contributed by atoms with E-state index in [9.17, 15) is 4.79 Å². The largest absolute Gasteiger partial charge is 0.468 e. The molecule has 17 heavy (non-hydrogen) atoms. The van der Waals surface area contributed by atoms with Gasteiger partial charge in [-0.3, -0.25) is 9.69 Å². The zero-order valence-electron chi connectivity index (χ0n) is 10.3. The van der Waals surface area contributed by atoms with Crippen molar-refractivity contribution < 1.29 is 9.53 Å². The predicted octanol–water partition coefficient (Wildman–Crippen LogP) is 1.55. The SMILES string of the molecule is COC(=O)[C@@H](C)N(C)Cc1cccc(C#N)c1. The summed E-state index contributed by atoms with van der Waals surface area (Å²) in [5, 5.41) is 8.79. The molecule has 1 aromatic carbocycles. The molecule has 0 saturated carbocycles. The summed E-state index contributed by atoms with van der Waals surface area (Å²) in [7, 11) is 3.23. The quantitative estimate of drug-likeness (QED) is 0.739. The van der Waals surface area contributed by atoms with E-state index in [-0.39, 0.29) is 12.0 Å². The van der Waals surface area contributed by atoms with Crippen LogP contribution >= 0.6 is 0 Å². The molecule has 0 aromatic heterocycles. The Hall–Kier alpha value is -1.86. The van der Waals surface area contributed by atoms with E-state index in [2.05, 4.69) is 10.8 Å². The van der Waals surface area contributed by atoms with E-state index >= 15 is 0 Å². The van der Waals surface area contributed by atoms with Gasteiger partial charge in [0.15, 0.2) is 0 Å². The first kappa shape index (κ1) is 13.2. The molecule has 0 unspecified atom stereocenters. The van der Waals surface area contributed by atoms with Crippen molar-refractivity contribution >= 4 is 5.97 Å². The highest BCUT2D eigenvalue weighted by atomic mass is 16.5. The fourth-order valence-electron chi connectivity index (χ4n) is 1.51. The molecule has 0 aliphatic carbocycles. The third kappa shape index (κ3) is 3.58. The molecule has 1 rings (SSSR count). The van der Waals surface area contributed by atoms with E-state index in [0.717, 1.165) is 5.56 Å². The highest BCUT2D eigenvalue weighted by Crippen LogP contribution is 2.09. The normalized spacial score (nSPS) is 11.9. The first-order valence-corrected chi connectivity index (χ1v) is 5.35. The van der Waals surface area contributed by atoms with Gasteiger partial charge in [-0.25, -0.2) is 0 Å². The molecule has 0 bridgehead atoms. The Bertz CT molecular complexity index is 437. The summed E-state index contributed by atoms with van der Waals surface area (Å²) >= 11 is 0. The van der Waals surface area contributed by atoms with Crippen LogP contribution in [0.4, 0.5) is 0 Å². The lowest BCUT2D eigenvalue weighted by Gasteiger charge is -2.22. The Morgan fingerprint density at radius 2 is 2.29 bits per heavy atom. The molecule has 0 aliphatic rings. The maximum atomic E-state index is 11.4. The van der Waals surface area contributed by atoms with Gasteiger partial charge in [-0.05, 0) is 31.7 Å². The average Bonchev–Trinajstić information content (AvgIpc) is 2.37. The lowest BCUT2D eigenvalue weighted by Crippen LogP contribution is -2.36. The van der Waals surface area contributed by atoms with Crippen molar-refractivity contribution in [3.8, 4) is 6.07 Å². The Balaban J connectivity index is 2.71. The number of hydrogen-bond acceptors (Lipinski definition) is 4. The van der Waals surface area contributed by atoms with Crippen molar-refractivity contribution in [2.24, 2.45) is 0 Å². The third-order valence-electron chi connectivity index (χ3n) is 2.69. The Kier molecular flexibility index (Phi) is 4.68. The maximum Gasteiger partial charge on any atom is 0.322 e. The fourth-order valence-corrected chi connectivity index (χ4v) is 1.51. The molecule has 0 fully saturated rings. The third-order valence-corrected chi connectivity index (χ3v) is 2.69. The summed E-state index contributed by atoms with van der Waals surface area (Å²) in [5.74, 6) is -0.260. The van der Waals surface area contributed by atoms with Gasteiger partial charge >= 0.3 is 5.97 Å². The van der Waals surface area contributed by atoms with E-state index in [1.54, 1.807) is 13.0 Å². The first-order chi connectivity index (χ1) is 8.08. The van der Waals surface area contributed by atoms with E-state index in [4.69, 9.17) is 5.26 Å². The van der Waals surface area contributed by atoms with Gasteiger partial charge in [0.25, 0.3) is 0 Å². The highest BCUT2D eigenvalue weighted by molar-refractivity contribution is 5.75. The molecule has 90 valence electrons. The first-order valence-electron chi connectivity index (χ1n) is 5.35. The van der Waals surface area contributed by atoms with Crippen LogP contribution in [0.15, 0.2) is 24.3 Å². The average molecular weight is 232 g/mol. The van der Waals surface area contributed by atoms with Gasteiger partial charge in [0.2, 0.25) is 0 Å². The number of carbonyl (C=O) groups is 1. The van der Waals surface area contributed by atoms with Crippen LogP contribution in [0, 0.1) is 11.3 Å². The Morgan fingerprint density at radius 1 is 1.59 bits per heavy atom. The lowest BCUT2D eigenvalue weighted by atomic mass is 10.1. The van der Waals surface area contributed by atoms with Crippen molar-refractivity contribution in [2.75, 3.05) is 14.2 Å². The van der Waals surface area contributed by atoms with Gasteiger partial charge in [0.1, 0.15) is 6.04 Å². The number of ether oxygens (including phenoxy) is 1. The molecular formula is C13H16N2O2. The number of hydrogen-bond donors (Lipinski definition) is 0. The number of likely N-dealkylation sites (N-methyl/N-ethyl adjacent to an activating group) is 1. The van der Waals surface area contributed by atoms with Crippen LogP contribution in [0.2, 0.25) is 0 Å². The second kappa shape index (κ2) is 6.02. The summed E-state index contributed by atoms with van der Waals surface area (Å²) in [6.07, 6.45) is 0. The van der Waals surface area contributed by atoms with Crippen molar-refractivity contribution in [2.45, 2.75) is 19.5 Å². The van der Waals surface area contributed by atoms with E-state index in [0.29, 0.717) is 12.1 Å². The summed E-state index contributed by atoms with van der Waals surface area (Å²) in [5.41, 5.74) is 1.63. The number of esters is 1. The Morgan fingerprint density at radius 3 is 2.88 bits per heavy atom. The summed E-state index contributed by atoms with van der Waals surface area (Å²) in [6.45, 7) is 2.39. The molecule has 0 saturated heterocycles. The van der Waals surface area contributed by atoms with Crippen molar-refractivity contribution in [3.63, 3.8) is 0 Å². The zero-order chi connectivity index (χ0) is 12.8. The minimum Gasteiger partial charge on any atom is -0.468 e. The van der Waals surface area contributed by atoms with Gasteiger partial charge in [0, 0.05) is 6.54 Å². The van der Waals surface area contributed by atoms with Gasteiger partial charge in [-0.1, -0.05) is 12.1 Å². The van der Waals surface area contributed by atoms with Crippen LogP contribution in [-0.4, -0.2) is 31.1 Å². The minimum atomic E-state index is -0.300. The van der Waals surface area contributed by atoms with Crippen LogP contribution in [0.5, 0.6) is 0 Å². The standard InChI is InChI=1S/C13H16N2O2/c1-10(13(16)17-3)15(2)9-12-6-4-5-11(7-12)8-14/h4-7,10H,9H2,1-3H3/t10-/m1/s1. The number of benzene rings is 1. The predicted molar refractivity (Wildman–Crippen MR) is 64.1 cm³/mol. The molecule has 0 radical (unpaired) electrons. The van der Waals surface area contributed by atoms with Gasteiger partial charge < -0.3 is 4.74 Å². The Labute approximate surface area is 101 Å². The smallest absolute Gasteiger partial charge is 0.322 e. The van der Waals surface area contributed by atoms with E-state index < -0.39 is 0 Å². The lowest BCUT2D eigenvalue weighted by molar-refractivity contribution is -0.145. The molecule has 1 aromatic rings. The molecule has 0 spiro atoms. The molecule has 4 heteroatoms. The molecule has 0 heterocycles. The topological polar surface area (TPSA) is 53.3 Å². The van der Waals surface area contributed by atoms with E-state index in [1.807, 2.05) is 30.1 Å². The van der Waals surface area contributed by atoms with Crippen molar-refractivity contribution in [1.82, 2.24) is 4.90 Å². The fraction of sp³-hybridized carbons (Fsp3) is 0.385. The van der Waals surface area contributed by atoms with Gasteiger partial charge in [-0.2, -0.15) is 5.26 Å². The number of nitriles is 1. The molecule has 0 aliphatic heterocycles. The number of nitrogens with zero attached hydrogens (tertiary/aromatic N) is 2. The zero-order valence-corrected chi connectivity index (χ0v) is 10.3. The van der Waals surface area contributed by atoms with Crippen LogP contribution in [0.3, 0.4) is 0 Å². The van der Waals surface area contributed by atoms with Crippen LogP contribution in [-0.2, 0) is 16.1 Å². The number of rotatable bonds is 4. The minimum absolute atomic E-state index is 0.260. The second-order valence-electron chi connectivity index (χ2n) is 3.93. The molecule has 0 N–H and O–H groups in total. The highest BCUT2D eigenvalue weighted by Gasteiger charge is 2.18. The van der Waals surface area contributed by atoms with Crippen LogP contribution in [0.1, 0.15) is 18.1 Å². The summed E-state index contributed by atoms with van der Waals surface area (Å²) in [6, 6.07) is 9.14. The number of methoxy groups -OCH3 is 1. The van der Waals surface area contributed by atoms with Gasteiger partial charge in [0.05, 0.1) is 18.7 Å². The molecule has 1 atom stereocenters. The maximum absolute atomic E-state index is 11.4.